The summed E-state index contributed by atoms with van der Waals surface area (Å²) in [4.78, 5) is 4.92. The Morgan fingerprint density at radius 1 is 1.31 bits per heavy atom. The van der Waals surface area contributed by atoms with Crippen molar-refractivity contribution in [1.29, 1.82) is 0 Å². The van der Waals surface area contributed by atoms with Crippen molar-refractivity contribution in [1.82, 2.24) is 9.80 Å². The van der Waals surface area contributed by atoms with Crippen molar-refractivity contribution >= 4 is 0 Å². The molecule has 2 rings (SSSR count). The molecule has 1 atom stereocenters. The van der Waals surface area contributed by atoms with Gasteiger partial charge in [-0.05, 0) is 32.9 Å². The van der Waals surface area contributed by atoms with Gasteiger partial charge in [0.25, 0.3) is 0 Å². The van der Waals surface area contributed by atoms with E-state index in [4.69, 9.17) is 4.74 Å². The van der Waals surface area contributed by atoms with E-state index in [-0.39, 0.29) is 0 Å². The number of likely N-dealkylation sites (N-methyl/N-ethyl adjacent to an activating group) is 1. The average Bonchev–Trinajstić information content (AvgIpc) is 2.54. The largest absolute Gasteiger partial charge is 0.366 e. The van der Waals surface area contributed by atoms with Gasteiger partial charge in [-0.3, -0.25) is 4.90 Å². The van der Waals surface area contributed by atoms with Gasteiger partial charge in [-0.1, -0.05) is 0 Å². The number of rotatable bonds is 2. The fourth-order valence-corrected chi connectivity index (χ4v) is 2.30. The van der Waals surface area contributed by atoms with E-state index in [1.54, 1.807) is 0 Å². The molecule has 0 aromatic heterocycles. The van der Waals surface area contributed by atoms with Crippen molar-refractivity contribution in [3.63, 3.8) is 0 Å². The summed E-state index contributed by atoms with van der Waals surface area (Å²) in [6, 6.07) is 0.779. The highest BCUT2D eigenvalue weighted by molar-refractivity contribution is 4.79. The van der Waals surface area contributed by atoms with Crippen LogP contribution in [0.1, 0.15) is 19.3 Å². The third-order valence-corrected chi connectivity index (χ3v) is 3.18. The molecule has 2 aliphatic rings. The van der Waals surface area contributed by atoms with Crippen molar-refractivity contribution < 1.29 is 4.74 Å². The zero-order valence-electron chi connectivity index (χ0n) is 8.54. The van der Waals surface area contributed by atoms with E-state index in [0.717, 1.165) is 19.4 Å². The van der Waals surface area contributed by atoms with Gasteiger partial charge in [0, 0.05) is 25.7 Å². The van der Waals surface area contributed by atoms with E-state index >= 15 is 0 Å². The number of nitrogens with zero attached hydrogens (tertiary/aromatic N) is 2. The maximum absolute atomic E-state index is 5.44. The molecule has 0 spiro atoms. The molecule has 0 bridgehead atoms. The van der Waals surface area contributed by atoms with Crippen molar-refractivity contribution in [3.8, 4) is 0 Å². The summed E-state index contributed by atoms with van der Waals surface area (Å²) in [6.45, 7) is 5.52. The molecule has 0 aromatic carbocycles. The first-order valence-corrected chi connectivity index (χ1v) is 5.36. The highest BCUT2D eigenvalue weighted by Gasteiger charge is 2.23. The summed E-state index contributed by atoms with van der Waals surface area (Å²) in [5.74, 6) is 0. The molecule has 1 unspecified atom stereocenters. The summed E-state index contributed by atoms with van der Waals surface area (Å²) in [5, 5.41) is 0. The molecule has 3 heteroatoms. The van der Waals surface area contributed by atoms with Crippen LogP contribution in [0.3, 0.4) is 0 Å². The lowest BCUT2D eigenvalue weighted by Gasteiger charge is -2.31. The molecule has 2 fully saturated rings. The Morgan fingerprint density at radius 2 is 2.23 bits per heavy atom. The van der Waals surface area contributed by atoms with Crippen molar-refractivity contribution in [3.05, 3.63) is 0 Å². The zero-order valence-corrected chi connectivity index (χ0v) is 8.54. The molecule has 2 aliphatic heterocycles. The minimum atomic E-state index is 0.779. The number of hydrogen-bond acceptors (Lipinski definition) is 3. The van der Waals surface area contributed by atoms with Gasteiger partial charge in [0.1, 0.15) is 0 Å². The minimum absolute atomic E-state index is 0.779. The standard InChI is InChI=1S/C10H20N2O/c1-11-5-2-4-10(11)8-12-6-3-7-13-9-12/h10H,2-9H2,1H3. The molecule has 2 saturated heterocycles. The SMILES string of the molecule is CN1CCCC1CN1CCCOC1. The summed E-state index contributed by atoms with van der Waals surface area (Å²) in [7, 11) is 2.24. The lowest BCUT2D eigenvalue weighted by Crippen LogP contribution is -2.42. The Bertz CT molecular complexity index is 157. The van der Waals surface area contributed by atoms with Crippen molar-refractivity contribution in [2.75, 3.05) is 40.0 Å². The van der Waals surface area contributed by atoms with Crippen LogP contribution in [0.2, 0.25) is 0 Å². The van der Waals surface area contributed by atoms with Crippen LogP contribution in [-0.2, 0) is 4.74 Å². The fraction of sp³-hybridized carbons (Fsp3) is 1.00. The molecule has 0 aromatic rings. The van der Waals surface area contributed by atoms with Gasteiger partial charge in [0.15, 0.2) is 0 Å². The molecule has 0 saturated carbocycles. The zero-order chi connectivity index (χ0) is 9.10. The normalized spacial score (nSPS) is 32.5. The molecule has 0 radical (unpaired) electrons. The summed E-state index contributed by atoms with van der Waals surface area (Å²) in [6.07, 6.45) is 3.94. The van der Waals surface area contributed by atoms with Crippen LogP contribution in [0.4, 0.5) is 0 Å². The first kappa shape index (κ1) is 9.44. The van der Waals surface area contributed by atoms with Crippen LogP contribution in [0, 0.1) is 0 Å². The molecular formula is C10H20N2O. The Labute approximate surface area is 80.6 Å². The van der Waals surface area contributed by atoms with E-state index in [9.17, 15) is 0 Å². The molecular weight excluding hydrogens is 164 g/mol. The van der Waals surface area contributed by atoms with Crippen molar-refractivity contribution in [2.24, 2.45) is 0 Å². The Morgan fingerprint density at radius 3 is 2.85 bits per heavy atom. The molecule has 3 nitrogen and oxygen atoms in total. The Balaban J connectivity index is 1.75. The van der Waals surface area contributed by atoms with Gasteiger partial charge in [0.2, 0.25) is 0 Å². The second kappa shape index (κ2) is 4.40. The van der Waals surface area contributed by atoms with E-state index in [1.165, 1.54) is 38.9 Å². The van der Waals surface area contributed by atoms with Gasteiger partial charge in [-0.2, -0.15) is 0 Å². The number of likely N-dealkylation sites (tertiary alicyclic amines) is 1. The third kappa shape index (κ3) is 2.42. The van der Waals surface area contributed by atoms with E-state index in [0.29, 0.717) is 0 Å². The monoisotopic (exact) mass is 184 g/mol. The third-order valence-electron chi connectivity index (χ3n) is 3.18. The lowest BCUT2D eigenvalue weighted by molar-refractivity contribution is -0.0216. The fourth-order valence-electron chi connectivity index (χ4n) is 2.30. The van der Waals surface area contributed by atoms with Crippen LogP contribution in [0.5, 0.6) is 0 Å². The van der Waals surface area contributed by atoms with Crippen LogP contribution in [0.15, 0.2) is 0 Å². The molecule has 13 heavy (non-hydrogen) atoms. The molecule has 0 aliphatic carbocycles. The lowest BCUT2D eigenvalue weighted by atomic mass is 10.2. The highest BCUT2D eigenvalue weighted by atomic mass is 16.5. The summed E-state index contributed by atoms with van der Waals surface area (Å²) >= 11 is 0. The van der Waals surface area contributed by atoms with Crippen LogP contribution in [-0.4, -0.2) is 55.9 Å². The van der Waals surface area contributed by atoms with E-state index in [2.05, 4.69) is 16.8 Å². The molecule has 76 valence electrons. The quantitative estimate of drug-likeness (QED) is 0.630. The van der Waals surface area contributed by atoms with Gasteiger partial charge in [-0.25, -0.2) is 0 Å². The van der Waals surface area contributed by atoms with E-state index in [1.807, 2.05) is 0 Å². The van der Waals surface area contributed by atoms with Crippen LogP contribution < -0.4 is 0 Å². The average molecular weight is 184 g/mol. The van der Waals surface area contributed by atoms with Gasteiger partial charge in [0.05, 0.1) is 6.73 Å². The van der Waals surface area contributed by atoms with Crippen LogP contribution in [0.25, 0.3) is 0 Å². The predicted octanol–water partition coefficient (Wildman–Crippen LogP) is 0.760. The second-order valence-corrected chi connectivity index (χ2v) is 4.24. The first-order chi connectivity index (χ1) is 6.36. The first-order valence-electron chi connectivity index (χ1n) is 5.36. The number of hydrogen-bond donors (Lipinski definition) is 0. The van der Waals surface area contributed by atoms with Crippen LogP contribution >= 0.6 is 0 Å². The maximum Gasteiger partial charge on any atom is 0.0990 e. The predicted molar refractivity (Wildman–Crippen MR) is 52.7 cm³/mol. The second-order valence-electron chi connectivity index (χ2n) is 4.24. The van der Waals surface area contributed by atoms with Gasteiger partial charge in [-0.15, -0.1) is 0 Å². The van der Waals surface area contributed by atoms with Gasteiger partial charge >= 0.3 is 0 Å². The Hall–Kier alpha value is -0.120. The maximum atomic E-state index is 5.44. The smallest absolute Gasteiger partial charge is 0.0990 e. The number of ether oxygens (including phenoxy) is 1. The molecule has 0 N–H and O–H groups in total. The molecule has 2 heterocycles. The summed E-state index contributed by atoms with van der Waals surface area (Å²) in [5.41, 5.74) is 0. The summed E-state index contributed by atoms with van der Waals surface area (Å²) < 4.78 is 5.44. The van der Waals surface area contributed by atoms with E-state index < -0.39 is 0 Å². The topological polar surface area (TPSA) is 15.7 Å². The highest BCUT2D eigenvalue weighted by Crippen LogP contribution is 2.16. The minimum Gasteiger partial charge on any atom is -0.366 e. The Kier molecular flexibility index (Phi) is 3.19. The van der Waals surface area contributed by atoms with Crippen molar-refractivity contribution in [2.45, 2.75) is 25.3 Å². The van der Waals surface area contributed by atoms with Gasteiger partial charge < -0.3 is 9.64 Å². The molecule has 0 amide bonds.